The van der Waals surface area contributed by atoms with Gasteiger partial charge >= 0.3 is 0 Å². The third-order valence-corrected chi connectivity index (χ3v) is 8.18. The number of hydrogen-bond donors (Lipinski definition) is 2. The van der Waals surface area contributed by atoms with Gasteiger partial charge in [0.25, 0.3) is 10.0 Å². The van der Waals surface area contributed by atoms with E-state index in [0.717, 1.165) is 6.54 Å². The second kappa shape index (κ2) is 12.2. The summed E-state index contributed by atoms with van der Waals surface area (Å²) in [6.45, 7) is 5.49. The number of anilines is 1. The number of aliphatic hydroxyl groups is 1. The molecular formula is C28H37N5O5S. The summed E-state index contributed by atoms with van der Waals surface area (Å²) >= 11 is 0. The van der Waals surface area contributed by atoms with Gasteiger partial charge in [0.15, 0.2) is 5.03 Å². The molecule has 2 heterocycles. The fourth-order valence-corrected chi connectivity index (χ4v) is 5.75. The number of aryl methyl sites for hydroxylation is 1. The van der Waals surface area contributed by atoms with Gasteiger partial charge in [0.05, 0.1) is 25.4 Å². The zero-order chi connectivity index (χ0) is 28.2. The lowest BCUT2D eigenvalue weighted by Gasteiger charge is -2.34. The number of nitrogens with one attached hydrogen (secondary N) is 1. The molecule has 10 nitrogen and oxygen atoms in total. The lowest BCUT2D eigenvalue weighted by Crippen LogP contribution is -2.47. The van der Waals surface area contributed by atoms with Gasteiger partial charge in [-0.2, -0.15) is 8.42 Å². The fraction of sp³-hybridized carbons (Fsp3) is 0.429. The molecule has 0 aliphatic carbocycles. The molecule has 1 aliphatic heterocycles. The number of amides is 1. The van der Waals surface area contributed by atoms with Crippen LogP contribution >= 0.6 is 0 Å². The molecule has 3 aromatic rings. The number of ether oxygens (including phenoxy) is 1. The van der Waals surface area contributed by atoms with Crippen LogP contribution in [-0.4, -0.2) is 77.7 Å². The van der Waals surface area contributed by atoms with E-state index in [0.29, 0.717) is 30.1 Å². The van der Waals surface area contributed by atoms with Crippen molar-refractivity contribution in [1.29, 1.82) is 0 Å². The van der Waals surface area contributed by atoms with E-state index in [1.807, 2.05) is 39.1 Å². The Morgan fingerprint density at radius 3 is 2.64 bits per heavy atom. The Kier molecular flexibility index (Phi) is 8.94. The van der Waals surface area contributed by atoms with Gasteiger partial charge in [0, 0.05) is 50.0 Å². The topological polar surface area (TPSA) is 117 Å². The van der Waals surface area contributed by atoms with Gasteiger partial charge in [-0.05, 0) is 37.7 Å². The molecule has 1 aromatic heterocycles. The Labute approximate surface area is 230 Å². The molecule has 39 heavy (non-hydrogen) atoms. The molecule has 1 amide bonds. The Morgan fingerprint density at radius 1 is 1.23 bits per heavy atom. The average molecular weight is 556 g/mol. The van der Waals surface area contributed by atoms with Crippen molar-refractivity contribution in [2.45, 2.75) is 44.0 Å². The average Bonchev–Trinajstić information content (AvgIpc) is 3.36. The number of benzene rings is 2. The first kappa shape index (κ1) is 28.6. The van der Waals surface area contributed by atoms with Gasteiger partial charge in [-0.25, -0.2) is 4.98 Å². The minimum atomic E-state index is -3.91. The van der Waals surface area contributed by atoms with Crippen molar-refractivity contribution in [3.63, 3.8) is 0 Å². The Balaban J connectivity index is 1.63. The highest BCUT2D eigenvalue weighted by Gasteiger charge is 2.31. The molecule has 210 valence electrons. The van der Waals surface area contributed by atoms with Crippen molar-refractivity contribution in [2.24, 2.45) is 13.0 Å². The molecule has 4 rings (SSSR count). The van der Waals surface area contributed by atoms with Crippen LogP contribution in [0.3, 0.4) is 0 Å². The van der Waals surface area contributed by atoms with E-state index in [1.165, 1.54) is 18.1 Å². The third-order valence-electron chi connectivity index (χ3n) is 6.91. The molecule has 0 bridgehead atoms. The number of likely N-dealkylation sites (N-methyl/N-ethyl adjacent to an activating group) is 1. The maximum absolute atomic E-state index is 13.4. The van der Waals surface area contributed by atoms with Crippen molar-refractivity contribution < 1.29 is 23.1 Å². The number of imidazole rings is 1. The largest absolute Gasteiger partial charge is 0.488 e. The first-order valence-electron chi connectivity index (χ1n) is 13.0. The van der Waals surface area contributed by atoms with Gasteiger partial charge in [-0.15, -0.1) is 0 Å². The van der Waals surface area contributed by atoms with E-state index in [-0.39, 0.29) is 42.0 Å². The zero-order valence-corrected chi connectivity index (χ0v) is 23.6. The number of aromatic nitrogens is 2. The standard InChI is InChI=1S/C28H37N5O5S/c1-20-14-33(21(2)18-34)28(35)13-23-12-24(30-39(36,37)27-17-32(4)19-29-27)10-11-25(23)38-26(20)16-31(3)15-22-8-6-5-7-9-22/h5-12,17,19-21,26,30,34H,13-16,18H2,1-4H3/t20-,21-,26+/m0/s1. The lowest BCUT2D eigenvalue weighted by atomic mass is 10.0. The van der Waals surface area contributed by atoms with E-state index < -0.39 is 10.0 Å². The predicted molar refractivity (Wildman–Crippen MR) is 149 cm³/mol. The number of aliphatic hydroxyl groups excluding tert-OH is 1. The van der Waals surface area contributed by atoms with Crippen molar-refractivity contribution in [3.8, 4) is 5.75 Å². The third kappa shape index (κ3) is 7.17. The van der Waals surface area contributed by atoms with Gasteiger partial charge < -0.3 is 19.3 Å². The summed E-state index contributed by atoms with van der Waals surface area (Å²) in [5.74, 6) is 0.346. The van der Waals surface area contributed by atoms with Crippen molar-refractivity contribution >= 4 is 21.6 Å². The summed E-state index contributed by atoms with van der Waals surface area (Å²) in [5, 5.41) is 9.76. The number of nitrogens with zero attached hydrogens (tertiary/aromatic N) is 4. The Hall–Kier alpha value is -3.41. The monoisotopic (exact) mass is 555 g/mol. The first-order chi connectivity index (χ1) is 18.6. The number of rotatable bonds is 9. The molecule has 0 radical (unpaired) electrons. The van der Waals surface area contributed by atoms with Crippen molar-refractivity contribution in [1.82, 2.24) is 19.4 Å². The summed E-state index contributed by atoms with van der Waals surface area (Å²) in [4.78, 5) is 21.2. The van der Waals surface area contributed by atoms with Crippen LogP contribution in [0.5, 0.6) is 5.75 Å². The van der Waals surface area contributed by atoms with Crippen LogP contribution in [0.25, 0.3) is 0 Å². The molecule has 11 heteroatoms. The summed E-state index contributed by atoms with van der Waals surface area (Å²) in [5.41, 5.74) is 2.07. The number of carbonyl (C=O) groups excluding carboxylic acids is 1. The lowest BCUT2D eigenvalue weighted by molar-refractivity contribution is -0.134. The highest BCUT2D eigenvalue weighted by molar-refractivity contribution is 7.92. The van der Waals surface area contributed by atoms with Crippen LogP contribution in [0.1, 0.15) is 25.0 Å². The molecular weight excluding hydrogens is 518 g/mol. The molecule has 3 atom stereocenters. The van der Waals surface area contributed by atoms with Crippen molar-refractivity contribution in [3.05, 3.63) is 72.2 Å². The highest BCUT2D eigenvalue weighted by atomic mass is 32.2. The Morgan fingerprint density at radius 2 is 1.97 bits per heavy atom. The van der Waals surface area contributed by atoms with Gasteiger partial charge in [0.2, 0.25) is 5.91 Å². The quantitative estimate of drug-likeness (QED) is 0.417. The highest BCUT2D eigenvalue weighted by Crippen LogP contribution is 2.30. The van der Waals surface area contributed by atoms with Crippen LogP contribution in [-0.2, 0) is 34.8 Å². The molecule has 0 fully saturated rings. The summed E-state index contributed by atoms with van der Waals surface area (Å²) < 4.78 is 36.3. The van der Waals surface area contributed by atoms with E-state index in [2.05, 4.69) is 26.7 Å². The molecule has 0 unspecified atom stereocenters. The predicted octanol–water partition coefficient (Wildman–Crippen LogP) is 2.50. The SMILES string of the molecule is C[C@H]1CN([C@@H](C)CO)C(=O)Cc2cc(NS(=O)(=O)c3cn(C)cn3)ccc2O[C@@H]1CN(C)Cc1ccccc1. The number of hydrogen-bond acceptors (Lipinski definition) is 7. The molecule has 2 aromatic carbocycles. The zero-order valence-electron chi connectivity index (χ0n) is 22.8. The molecule has 1 aliphatic rings. The summed E-state index contributed by atoms with van der Waals surface area (Å²) in [6.07, 6.45) is 2.59. The van der Waals surface area contributed by atoms with Crippen LogP contribution in [0, 0.1) is 5.92 Å². The van der Waals surface area contributed by atoms with Gasteiger partial charge in [-0.1, -0.05) is 37.3 Å². The second-order valence-electron chi connectivity index (χ2n) is 10.4. The summed E-state index contributed by atoms with van der Waals surface area (Å²) in [7, 11) is -0.183. The number of carbonyl (C=O) groups is 1. The minimum Gasteiger partial charge on any atom is -0.488 e. The van der Waals surface area contributed by atoms with Crippen molar-refractivity contribution in [2.75, 3.05) is 31.5 Å². The van der Waals surface area contributed by atoms with Crippen LogP contribution < -0.4 is 9.46 Å². The second-order valence-corrected chi connectivity index (χ2v) is 12.0. The van der Waals surface area contributed by atoms with E-state index in [1.54, 1.807) is 34.7 Å². The normalized spacial score (nSPS) is 19.0. The van der Waals surface area contributed by atoms with Gasteiger partial charge in [-0.3, -0.25) is 14.4 Å². The fourth-order valence-electron chi connectivity index (χ4n) is 4.71. The minimum absolute atomic E-state index is 0.0120. The maximum atomic E-state index is 13.4. The number of sulfonamides is 1. The van der Waals surface area contributed by atoms with Crippen LogP contribution in [0.4, 0.5) is 5.69 Å². The molecule has 0 saturated carbocycles. The van der Waals surface area contributed by atoms with Crippen LogP contribution in [0.2, 0.25) is 0 Å². The number of fused-ring (bicyclic) bond motifs is 1. The van der Waals surface area contributed by atoms with E-state index in [4.69, 9.17) is 4.74 Å². The Bertz CT molecular complexity index is 1380. The summed E-state index contributed by atoms with van der Waals surface area (Å²) in [6, 6.07) is 14.8. The van der Waals surface area contributed by atoms with E-state index >= 15 is 0 Å². The molecule has 0 spiro atoms. The maximum Gasteiger partial charge on any atom is 0.280 e. The van der Waals surface area contributed by atoms with E-state index in [9.17, 15) is 18.3 Å². The first-order valence-corrected chi connectivity index (χ1v) is 14.5. The molecule has 0 saturated heterocycles. The van der Waals surface area contributed by atoms with Crippen LogP contribution in [0.15, 0.2) is 66.1 Å². The van der Waals surface area contributed by atoms with Gasteiger partial charge in [0.1, 0.15) is 11.9 Å². The molecule has 2 N–H and O–H groups in total. The smallest absolute Gasteiger partial charge is 0.280 e.